The van der Waals surface area contributed by atoms with E-state index in [0.717, 1.165) is 5.39 Å². The normalized spacial score (nSPS) is 11.2. The van der Waals surface area contributed by atoms with E-state index in [9.17, 15) is 13.2 Å². The number of hydrogen-bond acceptors (Lipinski definition) is 6. The molecule has 0 spiro atoms. The summed E-state index contributed by atoms with van der Waals surface area (Å²) in [7, 11) is -3.74. The number of fused-ring (bicyclic) bond motifs is 1. The van der Waals surface area contributed by atoms with E-state index < -0.39 is 10.0 Å². The first kappa shape index (κ1) is 15.8. The van der Waals surface area contributed by atoms with Crippen molar-refractivity contribution in [3.05, 3.63) is 60.6 Å². The van der Waals surface area contributed by atoms with E-state index in [1.165, 1.54) is 30.6 Å². The predicted molar refractivity (Wildman–Crippen MR) is 88.4 cm³/mol. The molecule has 0 unspecified atom stereocenters. The van der Waals surface area contributed by atoms with Crippen LogP contribution < -0.4 is 16.0 Å². The molecular weight excluding hydrogens is 330 g/mol. The van der Waals surface area contributed by atoms with Gasteiger partial charge in [0.1, 0.15) is 6.33 Å². The second-order valence-corrected chi connectivity index (χ2v) is 6.51. The maximum Gasteiger partial charge on any atom is 0.269 e. The molecule has 1 aromatic heterocycles. The van der Waals surface area contributed by atoms with Crippen LogP contribution in [0, 0.1) is 0 Å². The van der Waals surface area contributed by atoms with Crippen LogP contribution >= 0.6 is 0 Å². The summed E-state index contributed by atoms with van der Waals surface area (Å²) in [6, 6.07) is 10.7. The van der Waals surface area contributed by atoms with Gasteiger partial charge in [0.2, 0.25) is 10.0 Å². The maximum atomic E-state index is 12.2. The average molecular weight is 343 g/mol. The standard InChI is InChI=1S/C15H13N5O3S/c16-24(22,23)13-5-3-12(4-6-13)19-20-15(21)10-1-2-11-8-17-9-18-14(11)7-10/h1-9,19H,(H,20,21)(H2,16,22,23). The third-order valence-corrected chi connectivity index (χ3v) is 4.20. The van der Waals surface area contributed by atoms with Crippen LogP contribution in [0.5, 0.6) is 0 Å². The molecule has 3 rings (SSSR count). The van der Waals surface area contributed by atoms with Gasteiger partial charge < -0.3 is 0 Å². The molecule has 24 heavy (non-hydrogen) atoms. The van der Waals surface area contributed by atoms with Crippen molar-refractivity contribution in [1.82, 2.24) is 15.4 Å². The van der Waals surface area contributed by atoms with Gasteiger partial charge >= 0.3 is 0 Å². The number of aromatic nitrogens is 2. The third kappa shape index (κ3) is 3.47. The molecule has 2 aromatic carbocycles. The second-order valence-electron chi connectivity index (χ2n) is 4.94. The Kier molecular flexibility index (Phi) is 4.11. The number of nitrogens with one attached hydrogen (secondary N) is 2. The predicted octanol–water partition coefficient (Wildman–Crippen LogP) is 1.03. The van der Waals surface area contributed by atoms with E-state index in [-0.39, 0.29) is 10.8 Å². The molecule has 1 heterocycles. The Morgan fingerprint density at radius 3 is 2.54 bits per heavy atom. The Hall–Kier alpha value is -3.04. The Labute approximate surface area is 137 Å². The van der Waals surface area contributed by atoms with Gasteiger partial charge in [-0.3, -0.25) is 15.6 Å². The first-order valence-electron chi connectivity index (χ1n) is 6.82. The lowest BCUT2D eigenvalue weighted by molar-refractivity contribution is 0.0962. The molecule has 4 N–H and O–H groups in total. The number of benzene rings is 2. The third-order valence-electron chi connectivity index (χ3n) is 3.27. The molecule has 0 saturated carbocycles. The van der Waals surface area contributed by atoms with Crippen molar-refractivity contribution in [2.24, 2.45) is 5.14 Å². The number of nitrogens with zero attached hydrogens (tertiary/aromatic N) is 2. The van der Waals surface area contributed by atoms with Gasteiger partial charge in [-0.15, -0.1) is 0 Å². The Bertz CT molecular complexity index is 1000. The number of primary sulfonamides is 1. The molecule has 0 bridgehead atoms. The summed E-state index contributed by atoms with van der Waals surface area (Å²) in [5.41, 5.74) is 6.83. The molecule has 8 nitrogen and oxygen atoms in total. The van der Waals surface area contributed by atoms with Crippen LogP contribution in [-0.2, 0) is 10.0 Å². The molecule has 0 saturated heterocycles. The number of carbonyl (C=O) groups is 1. The Morgan fingerprint density at radius 1 is 1.08 bits per heavy atom. The average Bonchev–Trinajstić information content (AvgIpc) is 2.59. The lowest BCUT2D eigenvalue weighted by Gasteiger charge is -2.09. The van der Waals surface area contributed by atoms with Crippen molar-refractivity contribution in [3.8, 4) is 0 Å². The van der Waals surface area contributed by atoms with Crippen LogP contribution in [0.2, 0.25) is 0 Å². The summed E-state index contributed by atoms with van der Waals surface area (Å²) in [6.07, 6.45) is 3.07. The van der Waals surface area contributed by atoms with E-state index in [2.05, 4.69) is 20.8 Å². The minimum absolute atomic E-state index is 0.00594. The molecule has 0 fully saturated rings. The number of hydrogen-bond donors (Lipinski definition) is 3. The van der Waals surface area contributed by atoms with Crippen LogP contribution in [0.1, 0.15) is 10.4 Å². The molecular formula is C15H13N5O3S. The molecule has 9 heteroatoms. The first-order chi connectivity index (χ1) is 11.4. The Balaban J connectivity index is 1.70. The molecule has 0 aliphatic rings. The molecule has 1 amide bonds. The summed E-state index contributed by atoms with van der Waals surface area (Å²) >= 11 is 0. The zero-order valence-corrected chi connectivity index (χ0v) is 13.1. The number of anilines is 1. The highest BCUT2D eigenvalue weighted by atomic mass is 32.2. The maximum absolute atomic E-state index is 12.2. The van der Waals surface area contributed by atoms with Crippen LogP contribution in [0.4, 0.5) is 5.69 Å². The topological polar surface area (TPSA) is 127 Å². The van der Waals surface area contributed by atoms with Gasteiger partial charge in [-0.1, -0.05) is 6.07 Å². The fourth-order valence-electron chi connectivity index (χ4n) is 2.04. The van der Waals surface area contributed by atoms with Gasteiger partial charge in [-0.05, 0) is 36.4 Å². The molecule has 0 aliphatic heterocycles. The number of carbonyl (C=O) groups excluding carboxylic acids is 1. The van der Waals surface area contributed by atoms with Crippen molar-refractivity contribution in [3.63, 3.8) is 0 Å². The van der Waals surface area contributed by atoms with Gasteiger partial charge in [0.05, 0.1) is 16.1 Å². The van der Waals surface area contributed by atoms with E-state index in [1.54, 1.807) is 24.4 Å². The molecule has 0 radical (unpaired) electrons. The van der Waals surface area contributed by atoms with Gasteiger partial charge in [-0.25, -0.2) is 23.5 Å². The summed E-state index contributed by atoms with van der Waals surface area (Å²) in [5, 5.41) is 5.86. The minimum atomic E-state index is -3.74. The number of sulfonamides is 1. The van der Waals surface area contributed by atoms with Gasteiger partial charge in [-0.2, -0.15) is 0 Å². The molecule has 3 aromatic rings. The smallest absolute Gasteiger partial charge is 0.269 e. The summed E-state index contributed by atoms with van der Waals surface area (Å²) in [5.74, 6) is -0.356. The zero-order chi connectivity index (χ0) is 17.2. The van der Waals surface area contributed by atoms with Crippen molar-refractivity contribution >= 4 is 32.5 Å². The van der Waals surface area contributed by atoms with Crippen LogP contribution in [0.3, 0.4) is 0 Å². The van der Waals surface area contributed by atoms with Gasteiger partial charge in [0.15, 0.2) is 0 Å². The second kappa shape index (κ2) is 6.22. The van der Waals surface area contributed by atoms with Crippen molar-refractivity contribution < 1.29 is 13.2 Å². The van der Waals surface area contributed by atoms with Gasteiger partial charge in [0.25, 0.3) is 5.91 Å². The lowest BCUT2D eigenvalue weighted by atomic mass is 10.1. The fraction of sp³-hybridized carbons (Fsp3) is 0. The highest BCUT2D eigenvalue weighted by molar-refractivity contribution is 7.89. The van der Waals surface area contributed by atoms with E-state index in [0.29, 0.717) is 16.8 Å². The highest BCUT2D eigenvalue weighted by Crippen LogP contribution is 2.13. The Morgan fingerprint density at radius 2 is 1.83 bits per heavy atom. The number of hydrazine groups is 1. The fourth-order valence-corrected chi connectivity index (χ4v) is 2.56. The van der Waals surface area contributed by atoms with Gasteiger partial charge in [0, 0.05) is 17.1 Å². The monoisotopic (exact) mass is 343 g/mol. The minimum Gasteiger partial charge on any atom is -0.298 e. The summed E-state index contributed by atoms with van der Waals surface area (Å²) < 4.78 is 22.4. The number of nitrogens with two attached hydrogens (primary N) is 1. The van der Waals surface area contributed by atoms with Crippen LogP contribution in [0.25, 0.3) is 10.9 Å². The number of amides is 1. The van der Waals surface area contributed by atoms with E-state index in [4.69, 9.17) is 5.14 Å². The lowest BCUT2D eigenvalue weighted by Crippen LogP contribution is -2.29. The zero-order valence-electron chi connectivity index (χ0n) is 12.3. The molecule has 0 aliphatic carbocycles. The summed E-state index contributed by atoms with van der Waals surface area (Å²) in [6.45, 7) is 0. The summed E-state index contributed by atoms with van der Waals surface area (Å²) in [4.78, 5) is 20.2. The van der Waals surface area contributed by atoms with E-state index in [1.807, 2.05) is 0 Å². The molecule has 0 atom stereocenters. The van der Waals surface area contributed by atoms with E-state index >= 15 is 0 Å². The first-order valence-corrected chi connectivity index (χ1v) is 8.37. The van der Waals surface area contributed by atoms with Crippen molar-refractivity contribution in [1.29, 1.82) is 0 Å². The van der Waals surface area contributed by atoms with Crippen LogP contribution in [0.15, 0.2) is 59.9 Å². The van der Waals surface area contributed by atoms with Crippen molar-refractivity contribution in [2.45, 2.75) is 4.90 Å². The van der Waals surface area contributed by atoms with Crippen molar-refractivity contribution in [2.75, 3.05) is 5.43 Å². The molecule has 122 valence electrons. The SMILES string of the molecule is NS(=O)(=O)c1ccc(NNC(=O)c2ccc3cncnc3c2)cc1. The largest absolute Gasteiger partial charge is 0.298 e. The number of rotatable bonds is 4. The van der Waals surface area contributed by atoms with Crippen LogP contribution in [-0.4, -0.2) is 24.3 Å². The quantitative estimate of drug-likeness (QED) is 0.607. The highest BCUT2D eigenvalue weighted by Gasteiger charge is 2.08.